The Balaban J connectivity index is 1.90. The number of nitrogens with zero attached hydrogens (tertiary/aromatic N) is 1. The minimum absolute atomic E-state index is 0.121. The number of quaternary nitrogens is 1. The summed E-state index contributed by atoms with van der Waals surface area (Å²) < 4.78 is 0. The van der Waals surface area contributed by atoms with Crippen LogP contribution < -0.4 is 10.6 Å². The molecule has 3 amide bonds. The number of imide groups is 1. The fourth-order valence-corrected chi connectivity index (χ4v) is 5.10. The van der Waals surface area contributed by atoms with E-state index in [9.17, 15) is 14.4 Å². The molecule has 3 heterocycles. The first-order valence-electron chi connectivity index (χ1n) is 9.40. The van der Waals surface area contributed by atoms with Crippen LogP contribution in [0.5, 0.6) is 0 Å². The number of nitrogens with two attached hydrogens (primary N) is 1. The lowest BCUT2D eigenvalue weighted by Gasteiger charge is -2.28. The van der Waals surface area contributed by atoms with Gasteiger partial charge in [0.2, 0.25) is 17.4 Å². The highest BCUT2D eigenvalue weighted by atomic mass is 16.2. The molecule has 1 spiro atoms. The second kappa shape index (κ2) is 5.39. The molecule has 0 unspecified atom stereocenters. The van der Waals surface area contributed by atoms with Crippen molar-refractivity contribution in [3.8, 4) is 0 Å². The maximum Gasteiger partial charge on any atom is 0.291 e. The quantitative estimate of drug-likeness (QED) is 0.770. The normalized spacial score (nSPS) is 33.7. The second-order valence-corrected chi connectivity index (χ2v) is 8.09. The third-order valence-electron chi connectivity index (χ3n) is 6.80. The van der Waals surface area contributed by atoms with Gasteiger partial charge < -0.3 is 10.6 Å². The average molecular weight is 356 g/mol. The van der Waals surface area contributed by atoms with Gasteiger partial charge in [0, 0.05) is 11.6 Å². The minimum atomic E-state index is -1.03. The van der Waals surface area contributed by atoms with Gasteiger partial charge in [0.15, 0.2) is 0 Å². The lowest BCUT2D eigenvalue weighted by atomic mass is 9.76. The van der Waals surface area contributed by atoms with E-state index in [1.54, 1.807) is 0 Å². The summed E-state index contributed by atoms with van der Waals surface area (Å²) in [6.07, 6.45) is 0.711. The molecule has 4 rings (SSSR count). The molecule has 26 heavy (non-hydrogen) atoms. The molecule has 3 aliphatic rings. The molecule has 138 valence electrons. The van der Waals surface area contributed by atoms with Crippen LogP contribution in [0.3, 0.4) is 0 Å². The van der Waals surface area contributed by atoms with E-state index in [1.807, 2.05) is 52.1 Å². The standard InChI is InChI=1S/C20H25N3O3/c1-6-10(3)23-17(24)14-12(5)22-20(15(14)18(23)25)13-8-7-9(2)11(4)16(13)21-19(20)26/h7-8,10,12,14-15,22H,6H2,1-5H3,(H,21,26)/p+1/t10-,12-,14-,15+,20-/m1/s1. The van der Waals surface area contributed by atoms with Crippen LogP contribution in [0.2, 0.25) is 0 Å². The van der Waals surface area contributed by atoms with Crippen molar-refractivity contribution in [2.24, 2.45) is 11.8 Å². The first-order chi connectivity index (χ1) is 12.3. The molecule has 3 N–H and O–H groups in total. The average Bonchev–Trinajstić information content (AvgIpc) is 3.16. The van der Waals surface area contributed by atoms with Crippen molar-refractivity contribution >= 4 is 23.4 Å². The molecule has 2 fully saturated rings. The molecule has 0 radical (unpaired) electrons. The maximum atomic E-state index is 13.3. The Kier molecular flexibility index (Phi) is 3.57. The third-order valence-corrected chi connectivity index (χ3v) is 6.80. The highest BCUT2D eigenvalue weighted by Crippen LogP contribution is 2.50. The molecule has 5 atom stereocenters. The van der Waals surface area contributed by atoms with Crippen molar-refractivity contribution in [3.05, 3.63) is 28.8 Å². The zero-order valence-electron chi connectivity index (χ0n) is 15.9. The summed E-state index contributed by atoms with van der Waals surface area (Å²) in [4.78, 5) is 40.9. The van der Waals surface area contributed by atoms with Crippen molar-refractivity contribution in [2.45, 2.75) is 58.7 Å². The summed E-state index contributed by atoms with van der Waals surface area (Å²) in [5, 5.41) is 4.96. The number of hydrogen-bond donors (Lipinski definition) is 2. The molecule has 3 aliphatic heterocycles. The van der Waals surface area contributed by atoms with Gasteiger partial charge in [0.25, 0.3) is 5.91 Å². The van der Waals surface area contributed by atoms with Crippen LogP contribution in [-0.4, -0.2) is 34.7 Å². The van der Waals surface area contributed by atoms with Gasteiger partial charge in [0.05, 0.1) is 11.7 Å². The molecule has 0 aliphatic carbocycles. The van der Waals surface area contributed by atoms with E-state index < -0.39 is 17.4 Å². The largest absolute Gasteiger partial charge is 0.326 e. The fourth-order valence-electron chi connectivity index (χ4n) is 5.10. The number of benzene rings is 1. The Bertz CT molecular complexity index is 849. The van der Waals surface area contributed by atoms with E-state index in [0.717, 1.165) is 22.4 Å². The van der Waals surface area contributed by atoms with E-state index in [0.29, 0.717) is 6.42 Å². The van der Waals surface area contributed by atoms with Crippen molar-refractivity contribution in [1.82, 2.24) is 4.90 Å². The van der Waals surface area contributed by atoms with Gasteiger partial charge >= 0.3 is 0 Å². The fraction of sp³-hybridized carbons (Fsp3) is 0.550. The van der Waals surface area contributed by atoms with Gasteiger partial charge in [-0.2, -0.15) is 0 Å². The summed E-state index contributed by atoms with van der Waals surface area (Å²) in [6.45, 7) is 9.80. The van der Waals surface area contributed by atoms with Gasteiger partial charge in [-0.3, -0.25) is 19.3 Å². The molecule has 2 saturated heterocycles. The van der Waals surface area contributed by atoms with Crippen LogP contribution in [0.4, 0.5) is 5.69 Å². The van der Waals surface area contributed by atoms with Crippen molar-refractivity contribution < 1.29 is 19.7 Å². The molecule has 1 aromatic carbocycles. The highest BCUT2D eigenvalue weighted by Gasteiger charge is 2.73. The smallest absolute Gasteiger partial charge is 0.291 e. The number of carbonyl (C=O) groups is 3. The Hall–Kier alpha value is -2.21. The maximum absolute atomic E-state index is 13.3. The summed E-state index contributed by atoms with van der Waals surface area (Å²) in [7, 11) is 0. The first-order valence-corrected chi connectivity index (χ1v) is 9.40. The molecular formula is C20H26N3O3+. The summed E-state index contributed by atoms with van der Waals surface area (Å²) in [5.74, 6) is -1.58. The van der Waals surface area contributed by atoms with Gasteiger partial charge in [-0.1, -0.05) is 13.0 Å². The van der Waals surface area contributed by atoms with Crippen molar-refractivity contribution in [2.75, 3.05) is 5.32 Å². The number of carbonyl (C=O) groups excluding carboxylic acids is 3. The summed E-state index contributed by atoms with van der Waals surface area (Å²) in [6, 6.07) is 3.68. The number of amides is 3. The van der Waals surface area contributed by atoms with E-state index in [4.69, 9.17) is 0 Å². The lowest BCUT2D eigenvalue weighted by molar-refractivity contribution is -0.730. The van der Waals surface area contributed by atoms with Crippen LogP contribution in [0.25, 0.3) is 0 Å². The number of nitrogens with one attached hydrogen (secondary N) is 1. The van der Waals surface area contributed by atoms with Crippen molar-refractivity contribution in [3.63, 3.8) is 0 Å². The third kappa shape index (κ3) is 1.83. The van der Waals surface area contributed by atoms with Crippen molar-refractivity contribution in [1.29, 1.82) is 0 Å². The predicted molar refractivity (Wildman–Crippen MR) is 96.2 cm³/mol. The lowest BCUT2D eigenvalue weighted by Crippen LogP contribution is -2.98. The number of likely N-dealkylation sites (tertiary alicyclic amines) is 1. The predicted octanol–water partition coefficient (Wildman–Crippen LogP) is 0.816. The van der Waals surface area contributed by atoms with Gasteiger partial charge in [-0.05, 0) is 51.3 Å². The SMILES string of the molecule is CC[C@@H](C)N1C(=O)[C@H]2[C@@H](C1=O)[C@@]1([NH2+][C@@H]2C)C(=O)Nc2c1ccc(C)c2C. The van der Waals surface area contributed by atoms with Gasteiger partial charge in [-0.15, -0.1) is 0 Å². The summed E-state index contributed by atoms with van der Waals surface area (Å²) in [5.41, 5.74) is 2.73. The Morgan fingerprint density at radius 1 is 1.23 bits per heavy atom. The molecule has 1 aromatic rings. The zero-order valence-corrected chi connectivity index (χ0v) is 15.9. The number of rotatable bonds is 2. The summed E-state index contributed by atoms with van der Waals surface area (Å²) >= 11 is 0. The van der Waals surface area contributed by atoms with Crippen LogP contribution in [-0.2, 0) is 19.9 Å². The number of anilines is 1. The Morgan fingerprint density at radius 2 is 1.92 bits per heavy atom. The number of hydrogen-bond acceptors (Lipinski definition) is 3. The molecule has 6 heteroatoms. The van der Waals surface area contributed by atoms with E-state index >= 15 is 0 Å². The minimum Gasteiger partial charge on any atom is -0.326 e. The van der Waals surface area contributed by atoms with E-state index in [-0.39, 0.29) is 29.8 Å². The second-order valence-electron chi connectivity index (χ2n) is 8.09. The van der Waals surface area contributed by atoms with Gasteiger partial charge in [0.1, 0.15) is 11.8 Å². The van der Waals surface area contributed by atoms with Gasteiger partial charge in [-0.25, -0.2) is 0 Å². The van der Waals surface area contributed by atoms with Crippen LogP contribution in [0.15, 0.2) is 12.1 Å². The molecule has 0 saturated carbocycles. The first kappa shape index (κ1) is 17.2. The molecule has 6 nitrogen and oxygen atoms in total. The Morgan fingerprint density at radius 3 is 2.58 bits per heavy atom. The number of aryl methyl sites for hydroxylation is 1. The van der Waals surface area contributed by atoms with E-state index in [2.05, 4.69) is 5.32 Å². The van der Waals surface area contributed by atoms with Crippen LogP contribution >= 0.6 is 0 Å². The highest BCUT2D eigenvalue weighted by molar-refractivity contribution is 6.14. The molecular weight excluding hydrogens is 330 g/mol. The van der Waals surface area contributed by atoms with Crippen LogP contribution in [0.1, 0.15) is 43.9 Å². The van der Waals surface area contributed by atoms with E-state index in [1.165, 1.54) is 4.90 Å². The monoisotopic (exact) mass is 356 g/mol. The topological polar surface area (TPSA) is 83.1 Å². The van der Waals surface area contributed by atoms with Crippen LogP contribution in [0, 0.1) is 25.7 Å². The number of fused-ring (bicyclic) bond motifs is 4. The molecule has 0 aromatic heterocycles. The Labute approximate surface area is 153 Å². The zero-order chi connectivity index (χ0) is 19.0. The molecule has 0 bridgehead atoms.